The molecule has 0 aliphatic rings. The van der Waals surface area contributed by atoms with E-state index < -0.39 is 10.8 Å². The van der Waals surface area contributed by atoms with Gasteiger partial charge in [-0.2, -0.15) is 15.1 Å². The molecule has 3 rings (SSSR count). The van der Waals surface area contributed by atoms with Crippen molar-refractivity contribution in [3.05, 3.63) is 47.4 Å². The minimum absolute atomic E-state index is 0.580. The van der Waals surface area contributed by atoms with Gasteiger partial charge in [0.1, 0.15) is 12.1 Å². The molecule has 2 aromatic heterocycles. The normalized spacial score (nSPS) is 12.3. The molecule has 0 saturated heterocycles. The van der Waals surface area contributed by atoms with Crippen molar-refractivity contribution in [2.24, 2.45) is 0 Å². The van der Waals surface area contributed by atoms with Crippen LogP contribution in [0.15, 0.2) is 35.5 Å². The van der Waals surface area contributed by atoms with Crippen molar-refractivity contribution in [1.29, 1.82) is 5.41 Å². The number of benzene rings is 1. The van der Waals surface area contributed by atoms with Crippen molar-refractivity contribution < 1.29 is 4.21 Å². The Morgan fingerprint density at radius 1 is 1.29 bits per heavy atom. The monoisotopic (exact) mass is 342 g/mol. The molecule has 7 nitrogen and oxygen atoms in total. The van der Waals surface area contributed by atoms with Crippen molar-refractivity contribution in [2.75, 3.05) is 19.0 Å². The van der Waals surface area contributed by atoms with E-state index in [0.717, 1.165) is 28.2 Å². The molecule has 0 aliphatic heterocycles. The summed E-state index contributed by atoms with van der Waals surface area (Å²) >= 11 is 0. The maximum Gasteiger partial charge on any atom is 0.254 e. The average Bonchev–Trinajstić information content (AvgIpc) is 3.05. The molecule has 0 bridgehead atoms. The molecule has 124 valence electrons. The van der Waals surface area contributed by atoms with E-state index in [1.165, 1.54) is 6.33 Å². The maximum atomic E-state index is 11.6. The summed E-state index contributed by atoms with van der Waals surface area (Å²) in [5.41, 5.74) is 4.08. The number of nitrogens with one attached hydrogen (secondary N) is 1. The van der Waals surface area contributed by atoms with Gasteiger partial charge in [-0.05, 0) is 24.6 Å². The van der Waals surface area contributed by atoms with E-state index in [2.05, 4.69) is 15.1 Å². The number of fused-ring (bicyclic) bond motifs is 1. The Bertz CT molecular complexity index is 916. The van der Waals surface area contributed by atoms with Crippen LogP contribution in [0.2, 0.25) is 0 Å². The molecule has 0 fully saturated rings. The first-order valence-corrected chi connectivity index (χ1v) is 8.59. The van der Waals surface area contributed by atoms with Crippen LogP contribution in [0.3, 0.4) is 0 Å². The van der Waals surface area contributed by atoms with E-state index in [1.54, 1.807) is 16.6 Å². The van der Waals surface area contributed by atoms with Crippen LogP contribution in [0, 0.1) is 12.3 Å². The third-order valence-electron chi connectivity index (χ3n) is 3.83. The smallest absolute Gasteiger partial charge is 0.254 e. The number of hydrogen-bond acceptors (Lipinski definition) is 6. The topological polar surface area (TPSA) is 87.2 Å². The molecule has 0 aliphatic carbocycles. The van der Waals surface area contributed by atoms with E-state index in [-0.39, 0.29) is 0 Å². The Balaban J connectivity index is 2.02. The first-order chi connectivity index (χ1) is 11.5. The number of hydrogen-bond donors (Lipinski definition) is 1. The summed E-state index contributed by atoms with van der Waals surface area (Å²) in [5, 5.41) is 11.3. The summed E-state index contributed by atoms with van der Waals surface area (Å²) in [4.78, 5) is 11.4. The van der Waals surface area contributed by atoms with Crippen LogP contribution in [0.4, 0.5) is 5.82 Å². The lowest BCUT2D eigenvalue weighted by Crippen LogP contribution is -2.17. The van der Waals surface area contributed by atoms with E-state index in [0.29, 0.717) is 17.1 Å². The minimum atomic E-state index is -1.38. The predicted octanol–water partition coefficient (Wildman–Crippen LogP) is 1.80. The zero-order valence-corrected chi connectivity index (χ0v) is 14.5. The molecule has 0 radical (unpaired) electrons. The molecule has 1 N–H and O–H groups in total. The van der Waals surface area contributed by atoms with Crippen LogP contribution in [-0.2, 0) is 17.2 Å². The first kappa shape index (κ1) is 16.3. The molecule has 0 saturated carbocycles. The van der Waals surface area contributed by atoms with Crippen LogP contribution >= 0.6 is 0 Å². The Morgan fingerprint density at radius 3 is 2.62 bits per heavy atom. The molecule has 2 heterocycles. The molecule has 1 atom stereocenters. The van der Waals surface area contributed by atoms with Gasteiger partial charge in [0.15, 0.2) is 0 Å². The molecule has 1 unspecified atom stereocenters. The van der Waals surface area contributed by atoms with Crippen molar-refractivity contribution in [3.8, 4) is 0 Å². The Hall–Kier alpha value is -2.61. The van der Waals surface area contributed by atoms with E-state index in [9.17, 15) is 4.21 Å². The molecule has 0 spiro atoms. The number of nitrogens with zero attached hydrogens (tertiary/aromatic N) is 5. The third-order valence-corrected chi connectivity index (χ3v) is 4.78. The number of rotatable bonds is 5. The molecular weight excluding hydrogens is 324 g/mol. The quantitative estimate of drug-likeness (QED) is 0.564. The van der Waals surface area contributed by atoms with Gasteiger partial charge in [-0.3, -0.25) is 5.41 Å². The highest BCUT2D eigenvalue weighted by Crippen LogP contribution is 2.24. The van der Waals surface area contributed by atoms with Crippen LogP contribution < -0.4 is 4.90 Å². The van der Waals surface area contributed by atoms with Crippen molar-refractivity contribution in [2.45, 2.75) is 18.2 Å². The zero-order valence-electron chi connectivity index (χ0n) is 13.7. The second-order valence-electron chi connectivity index (χ2n) is 5.60. The fraction of sp³-hybridized carbons (Fsp3) is 0.250. The van der Waals surface area contributed by atoms with E-state index in [4.69, 9.17) is 5.41 Å². The van der Waals surface area contributed by atoms with Crippen LogP contribution in [0.5, 0.6) is 0 Å². The van der Waals surface area contributed by atoms with Gasteiger partial charge >= 0.3 is 0 Å². The predicted molar refractivity (Wildman–Crippen MR) is 94.3 cm³/mol. The van der Waals surface area contributed by atoms with Crippen molar-refractivity contribution >= 4 is 27.9 Å². The Labute approximate surface area is 142 Å². The standard InChI is InChI=1S/C16H18N6OS/c1-11-14(8-12-4-6-13(7-5-12)24(23)9-17)15(21(2)3)20-16-18-10-19-22(11)16/h4-7,9-10,17H,8H2,1-3H3. The summed E-state index contributed by atoms with van der Waals surface area (Å²) in [6.45, 7) is 2.00. The van der Waals surface area contributed by atoms with Crippen molar-refractivity contribution in [3.63, 3.8) is 0 Å². The Morgan fingerprint density at radius 2 is 2.00 bits per heavy atom. The number of aromatic nitrogens is 4. The Kier molecular flexibility index (Phi) is 4.39. The summed E-state index contributed by atoms with van der Waals surface area (Å²) in [5.74, 6) is 1.44. The number of anilines is 1. The molecule has 8 heteroatoms. The van der Waals surface area contributed by atoms with E-state index in [1.807, 2.05) is 38.1 Å². The highest BCUT2D eigenvalue weighted by Gasteiger charge is 2.15. The lowest BCUT2D eigenvalue weighted by atomic mass is 10.0. The van der Waals surface area contributed by atoms with Gasteiger partial charge in [0.2, 0.25) is 0 Å². The van der Waals surface area contributed by atoms with Gasteiger partial charge in [-0.1, -0.05) is 12.1 Å². The fourth-order valence-corrected chi connectivity index (χ4v) is 3.13. The minimum Gasteiger partial charge on any atom is -0.362 e. The highest BCUT2D eigenvalue weighted by atomic mass is 32.2. The number of aryl methyl sites for hydroxylation is 1. The third kappa shape index (κ3) is 2.92. The summed E-state index contributed by atoms with van der Waals surface area (Å²) in [7, 11) is 2.53. The molecule has 3 aromatic rings. The zero-order chi connectivity index (χ0) is 17.3. The van der Waals surface area contributed by atoms with Gasteiger partial charge in [0.05, 0.1) is 22.0 Å². The lowest BCUT2D eigenvalue weighted by molar-refractivity contribution is 0.690. The molecule has 1 aromatic carbocycles. The fourth-order valence-electron chi connectivity index (χ4n) is 2.59. The second kappa shape index (κ2) is 6.48. The molecule has 24 heavy (non-hydrogen) atoms. The summed E-state index contributed by atoms with van der Waals surface area (Å²) in [6.07, 6.45) is 2.18. The van der Waals surface area contributed by atoms with Gasteiger partial charge in [-0.25, -0.2) is 8.72 Å². The van der Waals surface area contributed by atoms with Gasteiger partial charge in [0, 0.05) is 31.0 Å². The average molecular weight is 342 g/mol. The SMILES string of the molecule is Cc1c(Cc2ccc(S(=O)C=N)cc2)c(N(C)C)nc2ncnn12. The van der Waals surface area contributed by atoms with Crippen LogP contribution in [-0.4, -0.2) is 43.4 Å². The largest absolute Gasteiger partial charge is 0.362 e. The van der Waals surface area contributed by atoms with Crippen LogP contribution in [0.25, 0.3) is 5.78 Å². The maximum absolute atomic E-state index is 11.6. The summed E-state index contributed by atoms with van der Waals surface area (Å²) < 4.78 is 13.4. The van der Waals surface area contributed by atoms with Crippen LogP contribution in [0.1, 0.15) is 16.8 Å². The first-order valence-electron chi connectivity index (χ1n) is 7.38. The molecule has 0 amide bonds. The van der Waals surface area contributed by atoms with Gasteiger partial charge < -0.3 is 4.90 Å². The van der Waals surface area contributed by atoms with Gasteiger partial charge in [0.25, 0.3) is 5.78 Å². The lowest BCUT2D eigenvalue weighted by Gasteiger charge is -2.18. The summed E-state index contributed by atoms with van der Waals surface area (Å²) in [6, 6.07) is 7.45. The van der Waals surface area contributed by atoms with Gasteiger partial charge in [-0.15, -0.1) is 0 Å². The van der Waals surface area contributed by atoms with E-state index >= 15 is 0 Å². The highest BCUT2D eigenvalue weighted by molar-refractivity contribution is 7.98. The van der Waals surface area contributed by atoms with Crippen molar-refractivity contribution in [1.82, 2.24) is 19.6 Å². The second-order valence-corrected chi connectivity index (χ2v) is 6.90. The molecular formula is C16H18N6OS.